The normalized spacial score (nSPS) is 12.6. The molecule has 0 atom stereocenters. The molecule has 0 unspecified atom stereocenters. The number of quaternary nitrogens is 1. The quantitative estimate of drug-likeness (QED) is 0.280. The van der Waals surface area contributed by atoms with Crippen LogP contribution < -0.4 is 0 Å². The third kappa shape index (κ3) is 5300. The molecule has 5 heavy (non-hydrogen) atoms. The fourth-order valence-electron chi connectivity index (χ4n) is 0. The van der Waals surface area contributed by atoms with Crippen molar-refractivity contribution in [1.29, 1.82) is 0 Å². The van der Waals surface area contributed by atoms with Gasteiger partial charge in [0.25, 0.3) is 0 Å². The van der Waals surface area contributed by atoms with Crippen LogP contribution in [0.3, 0.4) is 0 Å². The van der Waals surface area contributed by atoms with Gasteiger partial charge in [-0.15, -0.1) is 4.64 Å². The lowest BCUT2D eigenvalue weighted by molar-refractivity contribution is -1.13. The first kappa shape index (κ1) is 5.06. The summed E-state index contributed by atoms with van der Waals surface area (Å²) in [7, 11) is -0.199. The molecule has 0 aromatic carbocycles. The van der Waals surface area contributed by atoms with E-state index in [-0.39, 0.29) is 10.4 Å². The molecule has 0 aromatic rings. The highest BCUT2D eigenvalue weighted by Crippen LogP contribution is 1.72. The topological polar surface area (TPSA) is 63.5 Å². The molecule has 0 aromatic heterocycles. The van der Waals surface area contributed by atoms with Crippen molar-refractivity contribution in [2.45, 2.75) is 0 Å². The molecule has 4 nitrogen and oxygen atoms in total. The summed E-state index contributed by atoms with van der Waals surface area (Å²) in [4.78, 5) is 0. The van der Waals surface area contributed by atoms with Gasteiger partial charge in [0, 0.05) is 0 Å². The van der Waals surface area contributed by atoms with Crippen LogP contribution in [0.4, 0.5) is 0 Å². The van der Waals surface area contributed by atoms with Crippen LogP contribution in [0.15, 0.2) is 0 Å². The fraction of sp³-hybridized carbons (Fsp3) is 0. The van der Waals surface area contributed by atoms with Gasteiger partial charge in [0.1, 0.15) is 0 Å². The molecule has 0 aliphatic rings. The second-order valence-corrected chi connectivity index (χ2v) is 2.00. The van der Waals surface area contributed by atoms with Gasteiger partial charge < -0.3 is 5.21 Å². The Morgan fingerprint density at radius 3 is 1.60 bits per heavy atom. The van der Waals surface area contributed by atoms with E-state index in [1.807, 2.05) is 0 Å². The van der Waals surface area contributed by atoms with Crippen molar-refractivity contribution in [1.82, 2.24) is 0 Å². The highest BCUT2D eigenvalue weighted by Gasteiger charge is 1.87. The van der Waals surface area contributed by atoms with E-state index in [1.54, 1.807) is 0 Å². The third-order valence-corrected chi connectivity index (χ3v) is 0. The summed E-state index contributed by atoms with van der Waals surface area (Å²) in [5.41, 5.74) is 0. The van der Waals surface area contributed by atoms with Gasteiger partial charge in [-0.1, -0.05) is 0 Å². The predicted molar refractivity (Wildman–Crippen MR) is 17.1 cm³/mol. The number of nitrogens with zero attached hydrogens (tertiary/aromatic N) is 1. The first-order valence-corrected chi connectivity index (χ1v) is 1.92. The van der Waals surface area contributed by atoms with Crippen LogP contribution in [0.25, 0.3) is 0 Å². The summed E-state index contributed by atoms with van der Waals surface area (Å²) in [6.07, 6.45) is 0. The molecule has 2 N–H and O–H groups in total. The molecule has 0 radical (unpaired) electrons. The Bertz CT molecular complexity index is 22.4. The van der Waals surface area contributed by atoms with Gasteiger partial charge in [-0.2, -0.15) is 0 Å². The molecule has 0 saturated heterocycles. The molecule has 5 heteroatoms. The van der Waals surface area contributed by atoms with E-state index >= 15 is 0 Å². The zero-order chi connectivity index (χ0) is 4.50. The second-order valence-electron chi connectivity index (χ2n) is 0.835. The van der Waals surface area contributed by atoms with Crippen molar-refractivity contribution in [3.63, 3.8) is 0 Å². The minimum Gasteiger partial charge on any atom is -0.584 e. The summed E-state index contributed by atoms with van der Waals surface area (Å²) in [5.74, 6) is 0. The van der Waals surface area contributed by atoms with Crippen molar-refractivity contribution < 1.29 is 15.1 Å². The molecule has 0 aliphatic carbocycles. The Morgan fingerprint density at radius 1 is 1.60 bits per heavy atom. The lowest BCUT2D eigenvalue weighted by atomic mass is 13.0. The minimum absolute atomic E-state index is 0.199. The molecular weight excluding hydrogens is 90.1 g/mol. The van der Waals surface area contributed by atoms with Crippen LogP contribution in [-0.2, 0) is 0 Å². The van der Waals surface area contributed by atoms with E-state index in [0.29, 0.717) is 0 Å². The summed E-state index contributed by atoms with van der Waals surface area (Å²) in [5, 5.41) is 24.3. The molecule has 0 saturated carbocycles. The van der Waals surface area contributed by atoms with Crippen molar-refractivity contribution in [3.8, 4) is 0 Å². The zero-order valence-electron chi connectivity index (χ0n) is 2.75. The SMILES string of the molecule is [O-][N+](O)(O)[SiH3]. The van der Waals surface area contributed by atoms with Crippen molar-refractivity contribution >= 4 is 10.4 Å². The smallest absolute Gasteiger partial charge is 0.306 e. The summed E-state index contributed by atoms with van der Waals surface area (Å²) < 4.78 is -2.11. The molecular formula is H5NO3Si. The number of rotatable bonds is 0. The fourth-order valence-corrected chi connectivity index (χ4v) is 0. The van der Waals surface area contributed by atoms with Gasteiger partial charge in [0.2, 0.25) is 0 Å². The average Bonchev–Trinajstić information content (AvgIpc) is 0.722. The van der Waals surface area contributed by atoms with Gasteiger partial charge >= 0.3 is 10.4 Å². The van der Waals surface area contributed by atoms with Crippen LogP contribution in [0, 0.1) is 5.21 Å². The first-order chi connectivity index (χ1) is 2.00. The van der Waals surface area contributed by atoms with Crippen molar-refractivity contribution in [2.24, 2.45) is 0 Å². The third-order valence-electron chi connectivity index (χ3n) is 0. The highest BCUT2D eigenvalue weighted by atomic mass is 28.2. The second kappa shape index (κ2) is 1.03. The average molecular weight is 95.1 g/mol. The molecule has 0 heterocycles. The van der Waals surface area contributed by atoms with E-state index in [4.69, 9.17) is 10.4 Å². The Morgan fingerprint density at radius 2 is 1.60 bits per heavy atom. The molecule has 0 rings (SSSR count). The van der Waals surface area contributed by atoms with E-state index in [9.17, 15) is 5.21 Å². The summed E-state index contributed by atoms with van der Waals surface area (Å²) >= 11 is 0. The van der Waals surface area contributed by atoms with Crippen LogP contribution in [0.5, 0.6) is 0 Å². The van der Waals surface area contributed by atoms with Crippen LogP contribution in [0.2, 0.25) is 0 Å². The molecule has 0 aliphatic heterocycles. The van der Waals surface area contributed by atoms with Gasteiger partial charge in [-0.3, -0.25) is 0 Å². The molecule has 0 bridgehead atoms. The van der Waals surface area contributed by atoms with E-state index in [1.165, 1.54) is 0 Å². The largest absolute Gasteiger partial charge is 0.584 e. The predicted octanol–water partition coefficient (Wildman–Crippen LogP) is -1.64. The molecule has 0 amide bonds. The molecule has 0 fully saturated rings. The van der Waals surface area contributed by atoms with Crippen LogP contribution in [-0.4, -0.2) is 25.5 Å². The van der Waals surface area contributed by atoms with E-state index in [2.05, 4.69) is 0 Å². The zero-order valence-corrected chi connectivity index (χ0v) is 4.75. The maximum atomic E-state index is 9.21. The van der Waals surface area contributed by atoms with Gasteiger partial charge in [0.05, 0.1) is 0 Å². The lowest BCUT2D eigenvalue weighted by Crippen LogP contribution is -2.29. The van der Waals surface area contributed by atoms with Gasteiger partial charge in [-0.25, -0.2) is 10.4 Å². The highest BCUT2D eigenvalue weighted by molar-refractivity contribution is 5.96. The lowest BCUT2D eigenvalue weighted by Gasteiger charge is -2.18. The maximum Gasteiger partial charge on any atom is 0.306 e. The maximum absolute atomic E-state index is 9.21. The van der Waals surface area contributed by atoms with Crippen LogP contribution in [0.1, 0.15) is 0 Å². The van der Waals surface area contributed by atoms with Crippen molar-refractivity contribution in [3.05, 3.63) is 5.21 Å². The Balaban J connectivity index is 3.02. The Labute approximate surface area is 31.8 Å². The number of hydrogen-bond donors (Lipinski definition) is 2. The van der Waals surface area contributed by atoms with Crippen molar-refractivity contribution in [2.75, 3.05) is 0 Å². The summed E-state index contributed by atoms with van der Waals surface area (Å²) in [6, 6.07) is 0. The van der Waals surface area contributed by atoms with E-state index in [0.717, 1.165) is 0 Å². The summed E-state index contributed by atoms with van der Waals surface area (Å²) in [6.45, 7) is 0. The molecule has 0 spiro atoms. The van der Waals surface area contributed by atoms with Gasteiger partial charge in [-0.05, 0) is 0 Å². The standard InChI is InChI=1S/H5NO3Si/c2-1(3,4)5/h2-3H,5H3. The van der Waals surface area contributed by atoms with Crippen LogP contribution >= 0.6 is 0 Å². The first-order valence-electron chi connectivity index (χ1n) is 1.03. The number of hydrogen-bond acceptors (Lipinski definition) is 3. The molecule has 32 valence electrons. The Hall–Kier alpha value is 0.0569. The van der Waals surface area contributed by atoms with E-state index < -0.39 is 4.64 Å². The minimum atomic E-state index is -2.11. The Kier molecular flexibility index (Phi) is 1.05. The monoisotopic (exact) mass is 95.0 g/mol. The van der Waals surface area contributed by atoms with Gasteiger partial charge in [0.15, 0.2) is 0 Å².